The van der Waals surface area contributed by atoms with Gasteiger partial charge in [-0.15, -0.1) is 0 Å². The molecule has 1 saturated carbocycles. The molecule has 0 aromatic heterocycles. The molecule has 0 radical (unpaired) electrons. The smallest absolute Gasteiger partial charge is 0.314 e. The molecule has 0 bridgehead atoms. The summed E-state index contributed by atoms with van der Waals surface area (Å²) in [7, 11) is 0. The van der Waals surface area contributed by atoms with Crippen LogP contribution in [0.2, 0.25) is 0 Å². The van der Waals surface area contributed by atoms with E-state index in [1.54, 1.807) is 0 Å². The Morgan fingerprint density at radius 3 is 2.57 bits per heavy atom. The number of nitrogens with one attached hydrogen (secondary N) is 2. The number of amides is 2. The van der Waals surface area contributed by atoms with Gasteiger partial charge in [0.25, 0.3) is 0 Å². The monoisotopic (exact) mass is 298 g/mol. The van der Waals surface area contributed by atoms with Gasteiger partial charge in [0.05, 0.1) is 0 Å². The zero-order chi connectivity index (χ0) is 15.7. The largest absolute Gasteiger partial charge is 0.481 e. The second-order valence-corrected chi connectivity index (χ2v) is 6.42. The Morgan fingerprint density at radius 1 is 1.24 bits per heavy atom. The minimum atomic E-state index is -0.745. The van der Waals surface area contributed by atoms with Gasteiger partial charge in [-0.3, -0.25) is 4.79 Å². The molecule has 0 spiro atoms. The fourth-order valence-corrected chi connectivity index (χ4v) is 3.08. The summed E-state index contributed by atoms with van der Waals surface area (Å²) in [6.07, 6.45) is 6.41. The SMILES string of the molecule is CCC(CCNC(=O)NCC1CCC(C)C1)CCC(=O)O. The lowest BCUT2D eigenvalue weighted by Crippen LogP contribution is -2.38. The van der Waals surface area contributed by atoms with Crippen LogP contribution in [-0.2, 0) is 4.79 Å². The molecule has 2 amide bonds. The first kappa shape index (κ1) is 17.8. The van der Waals surface area contributed by atoms with Crippen LogP contribution in [0.25, 0.3) is 0 Å². The first-order valence-electron chi connectivity index (χ1n) is 8.24. The van der Waals surface area contributed by atoms with Crippen LogP contribution in [0.5, 0.6) is 0 Å². The lowest BCUT2D eigenvalue weighted by atomic mass is 9.97. The van der Waals surface area contributed by atoms with Crippen LogP contribution in [0.1, 0.15) is 58.8 Å². The fraction of sp³-hybridized carbons (Fsp3) is 0.875. The van der Waals surface area contributed by atoms with Crippen molar-refractivity contribution in [3.05, 3.63) is 0 Å². The number of carboxylic acids is 1. The van der Waals surface area contributed by atoms with Gasteiger partial charge in [0.15, 0.2) is 0 Å². The molecule has 122 valence electrons. The van der Waals surface area contributed by atoms with Gasteiger partial charge in [-0.05, 0) is 43.4 Å². The lowest BCUT2D eigenvalue weighted by molar-refractivity contribution is -0.137. The second-order valence-electron chi connectivity index (χ2n) is 6.42. The Bertz CT molecular complexity index is 333. The molecule has 0 aromatic rings. The number of carbonyl (C=O) groups is 2. The van der Waals surface area contributed by atoms with Crippen molar-refractivity contribution in [1.82, 2.24) is 10.6 Å². The van der Waals surface area contributed by atoms with E-state index in [0.29, 0.717) is 24.8 Å². The maximum absolute atomic E-state index is 11.7. The van der Waals surface area contributed by atoms with Crippen molar-refractivity contribution < 1.29 is 14.7 Å². The molecule has 3 N–H and O–H groups in total. The molecule has 3 unspecified atom stereocenters. The van der Waals surface area contributed by atoms with Gasteiger partial charge in [-0.25, -0.2) is 4.79 Å². The number of carboxylic acid groups (broad SMARTS) is 1. The van der Waals surface area contributed by atoms with E-state index in [1.807, 2.05) is 0 Å². The normalized spacial score (nSPS) is 22.8. The predicted molar refractivity (Wildman–Crippen MR) is 83.2 cm³/mol. The van der Waals surface area contributed by atoms with Crippen molar-refractivity contribution in [3.63, 3.8) is 0 Å². The molecule has 1 aliphatic carbocycles. The van der Waals surface area contributed by atoms with Crippen LogP contribution < -0.4 is 10.6 Å². The molecule has 1 rings (SSSR count). The van der Waals surface area contributed by atoms with Gasteiger partial charge < -0.3 is 15.7 Å². The van der Waals surface area contributed by atoms with Gasteiger partial charge >= 0.3 is 12.0 Å². The molecule has 1 aliphatic rings. The summed E-state index contributed by atoms with van der Waals surface area (Å²) in [4.78, 5) is 22.3. The quantitative estimate of drug-likeness (QED) is 0.612. The summed E-state index contributed by atoms with van der Waals surface area (Å²) < 4.78 is 0. The van der Waals surface area contributed by atoms with Crippen LogP contribution in [0, 0.1) is 17.8 Å². The average molecular weight is 298 g/mol. The highest BCUT2D eigenvalue weighted by Crippen LogP contribution is 2.29. The fourth-order valence-electron chi connectivity index (χ4n) is 3.08. The van der Waals surface area contributed by atoms with Crippen molar-refractivity contribution in [3.8, 4) is 0 Å². The minimum absolute atomic E-state index is 0.0948. The number of rotatable bonds is 9. The zero-order valence-corrected chi connectivity index (χ0v) is 13.4. The Hall–Kier alpha value is -1.26. The molecular weight excluding hydrogens is 268 g/mol. The highest BCUT2D eigenvalue weighted by molar-refractivity contribution is 5.73. The summed E-state index contributed by atoms with van der Waals surface area (Å²) in [6, 6.07) is -0.0948. The molecule has 0 heterocycles. The zero-order valence-electron chi connectivity index (χ0n) is 13.4. The number of aliphatic carboxylic acids is 1. The average Bonchev–Trinajstić information content (AvgIpc) is 2.86. The van der Waals surface area contributed by atoms with E-state index < -0.39 is 5.97 Å². The molecule has 5 nitrogen and oxygen atoms in total. The van der Waals surface area contributed by atoms with Crippen molar-refractivity contribution in [2.75, 3.05) is 13.1 Å². The number of hydrogen-bond donors (Lipinski definition) is 3. The van der Waals surface area contributed by atoms with E-state index in [0.717, 1.165) is 25.3 Å². The number of carbonyl (C=O) groups excluding carboxylic acids is 1. The second kappa shape index (κ2) is 9.64. The van der Waals surface area contributed by atoms with E-state index >= 15 is 0 Å². The Morgan fingerprint density at radius 2 is 2.00 bits per heavy atom. The van der Waals surface area contributed by atoms with Crippen LogP contribution in [0.3, 0.4) is 0 Å². The van der Waals surface area contributed by atoms with E-state index in [4.69, 9.17) is 5.11 Å². The maximum Gasteiger partial charge on any atom is 0.314 e. The van der Waals surface area contributed by atoms with Crippen LogP contribution in [-0.4, -0.2) is 30.2 Å². The molecule has 0 saturated heterocycles. The van der Waals surface area contributed by atoms with Crippen LogP contribution in [0.15, 0.2) is 0 Å². The summed E-state index contributed by atoms with van der Waals surface area (Å²) in [5, 5.41) is 14.5. The summed E-state index contributed by atoms with van der Waals surface area (Å²) >= 11 is 0. The first-order chi connectivity index (χ1) is 10.0. The number of urea groups is 1. The highest BCUT2D eigenvalue weighted by atomic mass is 16.4. The van der Waals surface area contributed by atoms with Gasteiger partial charge in [-0.1, -0.05) is 26.7 Å². The summed E-state index contributed by atoms with van der Waals surface area (Å²) in [5.41, 5.74) is 0. The van der Waals surface area contributed by atoms with Crippen molar-refractivity contribution in [2.24, 2.45) is 17.8 Å². The first-order valence-corrected chi connectivity index (χ1v) is 8.24. The van der Waals surface area contributed by atoms with Crippen molar-refractivity contribution in [2.45, 2.75) is 58.8 Å². The maximum atomic E-state index is 11.7. The Balaban J connectivity index is 2.07. The predicted octanol–water partition coefficient (Wildman–Crippen LogP) is 3.00. The minimum Gasteiger partial charge on any atom is -0.481 e. The van der Waals surface area contributed by atoms with Crippen LogP contribution in [0.4, 0.5) is 4.79 Å². The van der Waals surface area contributed by atoms with Gasteiger partial charge in [0.2, 0.25) is 0 Å². The molecule has 0 aliphatic heterocycles. The molecule has 0 aromatic carbocycles. The molecular formula is C16H30N2O3. The van der Waals surface area contributed by atoms with Crippen molar-refractivity contribution in [1.29, 1.82) is 0 Å². The molecule has 1 fully saturated rings. The van der Waals surface area contributed by atoms with Gasteiger partial charge in [0.1, 0.15) is 0 Å². The van der Waals surface area contributed by atoms with E-state index in [2.05, 4.69) is 24.5 Å². The van der Waals surface area contributed by atoms with Crippen molar-refractivity contribution >= 4 is 12.0 Å². The van der Waals surface area contributed by atoms with Crippen LogP contribution >= 0.6 is 0 Å². The summed E-state index contributed by atoms with van der Waals surface area (Å²) in [5.74, 6) is 1.05. The molecule has 3 atom stereocenters. The van der Waals surface area contributed by atoms with E-state index in [9.17, 15) is 9.59 Å². The third-order valence-electron chi connectivity index (χ3n) is 4.54. The highest BCUT2D eigenvalue weighted by Gasteiger charge is 2.21. The third-order valence-corrected chi connectivity index (χ3v) is 4.54. The Labute approximate surface area is 127 Å². The molecule has 5 heteroatoms. The summed E-state index contributed by atoms with van der Waals surface area (Å²) in [6.45, 7) is 5.72. The molecule has 21 heavy (non-hydrogen) atoms. The third kappa shape index (κ3) is 7.93. The Kier molecular flexibility index (Phi) is 8.16. The topological polar surface area (TPSA) is 78.4 Å². The van der Waals surface area contributed by atoms with E-state index in [1.165, 1.54) is 19.3 Å². The van der Waals surface area contributed by atoms with Gasteiger partial charge in [-0.2, -0.15) is 0 Å². The van der Waals surface area contributed by atoms with E-state index in [-0.39, 0.29) is 12.5 Å². The number of hydrogen-bond acceptors (Lipinski definition) is 2. The van der Waals surface area contributed by atoms with Gasteiger partial charge in [0, 0.05) is 19.5 Å². The standard InChI is InChI=1S/C16H30N2O3/c1-3-13(6-7-15(19)20)8-9-17-16(21)18-11-14-5-4-12(2)10-14/h12-14H,3-11H2,1-2H3,(H,19,20)(H2,17,18,21). The lowest BCUT2D eigenvalue weighted by Gasteiger charge is -2.15.